The fraction of sp³-hybridized carbons (Fsp3) is 0.316. The van der Waals surface area contributed by atoms with Crippen molar-refractivity contribution in [1.29, 1.82) is 0 Å². The first-order valence-corrected chi connectivity index (χ1v) is 10.1. The molecule has 2 aromatic carbocycles. The minimum absolute atomic E-state index is 0.162. The van der Waals surface area contributed by atoms with Crippen LogP contribution in [0.15, 0.2) is 47.4 Å². The van der Waals surface area contributed by atoms with E-state index in [9.17, 15) is 22.0 Å². The summed E-state index contributed by atoms with van der Waals surface area (Å²) in [6, 6.07) is 9.42. The van der Waals surface area contributed by atoms with Crippen LogP contribution in [0, 0.1) is 11.6 Å². The lowest BCUT2D eigenvalue weighted by molar-refractivity contribution is 0.0600. The van der Waals surface area contributed by atoms with E-state index in [-0.39, 0.29) is 13.1 Å². The zero-order valence-corrected chi connectivity index (χ0v) is 16.1. The molecule has 0 N–H and O–H groups in total. The summed E-state index contributed by atoms with van der Waals surface area (Å²) in [6.45, 7) is 1.72. The van der Waals surface area contributed by atoms with Gasteiger partial charge < -0.3 is 4.74 Å². The van der Waals surface area contributed by atoms with Gasteiger partial charge in [-0.2, -0.15) is 4.31 Å². The first-order valence-electron chi connectivity index (χ1n) is 8.66. The summed E-state index contributed by atoms with van der Waals surface area (Å²) in [7, 11) is -2.79. The van der Waals surface area contributed by atoms with Crippen molar-refractivity contribution >= 4 is 16.0 Å². The molecular weight excluding hydrogens is 390 g/mol. The van der Waals surface area contributed by atoms with E-state index < -0.39 is 32.5 Å². The maximum atomic E-state index is 13.9. The first kappa shape index (κ1) is 20.4. The van der Waals surface area contributed by atoms with Crippen molar-refractivity contribution in [2.45, 2.75) is 11.4 Å². The zero-order valence-electron chi connectivity index (χ0n) is 15.3. The minimum atomic E-state index is -4.10. The Morgan fingerprint density at radius 3 is 2.46 bits per heavy atom. The number of methoxy groups -OCH3 is 1. The molecule has 2 aromatic rings. The molecular formula is C19H20F2N2O4S. The Balaban J connectivity index is 1.66. The first-order chi connectivity index (χ1) is 13.3. The highest BCUT2D eigenvalue weighted by molar-refractivity contribution is 7.89. The van der Waals surface area contributed by atoms with Crippen molar-refractivity contribution in [3.63, 3.8) is 0 Å². The van der Waals surface area contributed by atoms with Gasteiger partial charge in [-0.05, 0) is 35.9 Å². The standard InChI is InChI=1S/C19H20F2N2O4S/c1-27-19(24)15-4-2-3-14(11-15)13-22-7-9-23(10-8-22)28(25,26)18-12-16(20)5-6-17(18)21/h2-6,11-12H,7-10,13H2,1H3. The summed E-state index contributed by atoms with van der Waals surface area (Å²) in [5.41, 5.74) is 1.35. The fourth-order valence-corrected chi connectivity index (χ4v) is 4.61. The van der Waals surface area contributed by atoms with Gasteiger partial charge in [0.15, 0.2) is 0 Å². The molecule has 1 aliphatic heterocycles. The summed E-state index contributed by atoms with van der Waals surface area (Å²) < 4.78 is 58.4. The van der Waals surface area contributed by atoms with Crippen molar-refractivity contribution in [1.82, 2.24) is 9.21 Å². The van der Waals surface area contributed by atoms with Gasteiger partial charge in [0.1, 0.15) is 16.5 Å². The summed E-state index contributed by atoms with van der Waals surface area (Å²) in [4.78, 5) is 13.0. The quantitative estimate of drug-likeness (QED) is 0.708. The number of benzene rings is 2. The van der Waals surface area contributed by atoms with Crippen LogP contribution in [0.2, 0.25) is 0 Å². The molecule has 0 bridgehead atoms. The highest BCUT2D eigenvalue weighted by Crippen LogP contribution is 2.22. The lowest BCUT2D eigenvalue weighted by Gasteiger charge is -2.34. The van der Waals surface area contributed by atoms with Gasteiger partial charge in [-0.1, -0.05) is 12.1 Å². The predicted octanol–water partition coefficient (Wildman–Crippen LogP) is 2.26. The average molecular weight is 410 g/mol. The Morgan fingerprint density at radius 1 is 1.07 bits per heavy atom. The topological polar surface area (TPSA) is 66.9 Å². The SMILES string of the molecule is COC(=O)c1cccc(CN2CCN(S(=O)(=O)c3cc(F)ccc3F)CC2)c1. The number of sulfonamides is 1. The molecule has 0 aromatic heterocycles. The van der Waals surface area contributed by atoms with Gasteiger partial charge in [-0.25, -0.2) is 22.0 Å². The second kappa shape index (κ2) is 8.34. The Kier molecular flexibility index (Phi) is 6.07. The van der Waals surface area contributed by atoms with Crippen LogP contribution in [0.3, 0.4) is 0 Å². The van der Waals surface area contributed by atoms with Crippen LogP contribution in [0.5, 0.6) is 0 Å². The third-order valence-corrected chi connectivity index (χ3v) is 6.51. The number of hydrogen-bond acceptors (Lipinski definition) is 5. The molecule has 0 amide bonds. The molecule has 0 aliphatic carbocycles. The van der Waals surface area contributed by atoms with Crippen molar-refractivity contribution < 1.29 is 26.7 Å². The number of esters is 1. The van der Waals surface area contributed by atoms with Gasteiger partial charge in [0.2, 0.25) is 10.0 Å². The number of ether oxygens (including phenoxy) is 1. The Labute approximate surface area is 162 Å². The van der Waals surface area contributed by atoms with Gasteiger partial charge >= 0.3 is 5.97 Å². The van der Waals surface area contributed by atoms with E-state index in [1.807, 2.05) is 11.0 Å². The third-order valence-electron chi connectivity index (χ3n) is 4.60. The molecule has 3 rings (SSSR count). The molecule has 6 nitrogen and oxygen atoms in total. The summed E-state index contributed by atoms with van der Waals surface area (Å²) in [6.07, 6.45) is 0. The van der Waals surface area contributed by atoms with Crippen molar-refractivity contribution in [3.05, 3.63) is 65.2 Å². The smallest absolute Gasteiger partial charge is 0.337 e. The molecule has 0 unspecified atom stereocenters. The van der Waals surface area contributed by atoms with Crippen LogP contribution in [0.4, 0.5) is 8.78 Å². The van der Waals surface area contributed by atoms with Gasteiger partial charge in [0, 0.05) is 32.7 Å². The normalized spacial score (nSPS) is 16.1. The van der Waals surface area contributed by atoms with Crippen LogP contribution in [0.1, 0.15) is 15.9 Å². The molecule has 0 saturated carbocycles. The lowest BCUT2D eigenvalue weighted by Crippen LogP contribution is -2.48. The molecule has 0 spiro atoms. The number of carbonyl (C=O) groups is 1. The lowest BCUT2D eigenvalue weighted by atomic mass is 10.1. The molecule has 1 aliphatic rings. The Bertz CT molecular complexity index is 974. The van der Waals surface area contributed by atoms with E-state index in [4.69, 9.17) is 4.74 Å². The Morgan fingerprint density at radius 2 is 1.79 bits per heavy atom. The molecule has 0 atom stereocenters. The molecule has 0 radical (unpaired) electrons. The van der Waals surface area contributed by atoms with Crippen LogP contribution in [0.25, 0.3) is 0 Å². The number of nitrogens with zero attached hydrogens (tertiary/aromatic N) is 2. The number of rotatable bonds is 5. The molecule has 150 valence electrons. The largest absolute Gasteiger partial charge is 0.465 e. The van der Waals surface area contributed by atoms with Crippen molar-refractivity contribution in [2.24, 2.45) is 0 Å². The number of piperazine rings is 1. The number of halogens is 2. The zero-order chi connectivity index (χ0) is 20.3. The highest BCUT2D eigenvalue weighted by Gasteiger charge is 2.31. The van der Waals surface area contributed by atoms with E-state index >= 15 is 0 Å². The molecule has 9 heteroatoms. The van der Waals surface area contributed by atoms with E-state index in [1.54, 1.807) is 18.2 Å². The second-order valence-corrected chi connectivity index (χ2v) is 8.35. The number of hydrogen-bond donors (Lipinski definition) is 0. The van der Waals surface area contributed by atoms with E-state index in [2.05, 4.69) is 0 Å². The van der Waals surface area contributed by atoms with E-state index in [0.717, 1.165) is 22.0 Å². The van der Waals surface area contributed by atoms with Gasteiger partial charge in [0.05, 0.1) is 12.7 Å². The summed E-state index contributed by atoms with van der Waals surface area (Å²) >= 11 is 0. The average Bonchev–Trinajstić information content (AvgIpc) is 2.69. The van der Waals surface area contributed by atoms with Crippen LogP contribution >= 0.6 is 0 Å². The third kappa shape index (κ3) is 4.37. The summed E-state index contributed by atoms with van der Waals surface area (Å²) in [5, 5.41) is 0. The van der Waals surface area contributed by atoms with Gasteiger partial charge in [0.25, 0.3) is 0 Å². The van der Waals surface area contributed by atoms with Gasteiger partial charge in [-0.15, -0.1) is 0 Å². The molecule has 1 saturated heterocycles. The fourth-order valence-electron chi connectivity index (χ4n) is 3.11. The molecule has 1 fully saturated rings. The van der Waals surface area contributed by atoms with Crippen LogP contribution in [-0.2, 0) is 21.3 Å². The molecule has 1 heterocycles. The second-order valence-electron chi connectivity index (χ2n) is 6.45. The van der Waals surface area contributed by atoms with Crippen LogP contribution in [-0.4, -0.2) is 56.9 Å². The van der Waals surface area contributed by atoms with Crippen molar-refractivity contribution in [2.75, 3.05) is 33.3 Å². The number of carbonyl (C=O) groups excluding carboxylic acids is 1. The summed E-state index contributed by atoms with van der Waals surface area (Å²) in [5.74, 6) is -2.19. The predicted molar refractivity (Wildman–Crippen MR) is 98.2 cm³/mol. The van der Waals surface area contributed by atoms with E-state index in [1.165, 1.54) is 7.11 Å². The van der Waals surface area contributed by atoms with Gasteiger partial charge in [-0.3, -0.25) is 4.90 Å². The Hall–Kier alpha value is -2.36. The highest BCUT2D eigenvalue weighted by atomic mass is 32.2. The maximum Gasteiger partial charge on any atom is 0.337 e. The maximum absolute atomic E-state index is 13.9. The van der Waals surface area contributed by atoms with E-state index in [0.29, 0.717) is 31.3 Å². The van der Waals surface area contributed by atoms with Crippen LogP contribution < -0.4 is 0 Å². The monoisotopic (exact) mass is 410 g/mol. The van der Waals surface area contributed by atoms with Crippen molar-refractivity contribution in [3.8, 4) is 0 Å². The molecule has 28 heavy (non-hydrogen) atoms. The minimum Gasteiger partial charge on any atom is -0.465 e.